The topological polar surface area (TPSA) is 93.9 Å². The summed E-state index contributed by atoms with van der Waals surface area (Å²) in [6.07, 6.45) is 2.32. The van der Waals surface area contributed by atoms with E-state index in [-0.39, 0.29) is 23.1 Å². The highest BCUT2D eigenvalue weighted by atomic mass is 16.5. The van der Waals surface area contributed by atoms with Crippen LogP contribution in [-0.4, -0.2) is 66.0 Å². The Labute approximate surface area is 181 Å². The molecular formula is C22H29N4O5+. The maximum absolute atomic E-state index is 12.6. The summed E-state index contributed by atoms with van der Waals surface area (Å²) in [7, 11) is 1.33. The van der Waals surface area contributed by atoms with Gasteiger partial charge in [-0.1, -0.05) is 6.07 Å². The molecule has 0 spiro atoms. The van der Waals surface area contributed by atoms with E-state index < -0.39 is 12.2 Å². The second kappa shape index (κ2) is 7.97. The van der Waals surface area contributed by atoms with E-state index in [4.69, 9.17) is 9.47 Å². The van der Waals surface area contributed by atoms with Gasteiger partial charge >= 0.3 is 12.2 Å². The number of nitrogens with zero attached hydrogens (tertiary/aromatic N) is 4. The number of anilines is 1. The lowest BCUT2D eigenvalue weighted by atomic mass is 9.99. The molecule has 1 aromatic heterocycles. The maximum atomic E-state index is 12.6. The monoisotopic (exact) mass is 429 g/mol. The number of carboxylic acid groups (broad SMARTS) is 1. The summed E-state index contributed by atoms with van der Waals surface area (Å²) in [5.41, 5.74) is 2.89. The molecule has 0 saturated carbocycles. The standard InChI is InChI=1S/C22H28N4O5/c1-14(2)26(22(28)29)11-15(3)25(21(27)30-4)19-6-5-17(7-20(19)26)18-8-23-24(10-18)9-16-12-31-13-16/h5-8,10,14-16H,9,11-13H2,1-4H3/p+1/t15-,26?/m0/s1. The summed E-state index contributed by atoms with van der Waals surface area (Å²) in [6.45, 7) is 8.18. The molecular weight excluding hydrogens is 400 g/mol. The van der Waals surface area contributed by atoms with Crippen LogP contribution in [-0.2, 0) is 16.0 Å². The Kier molecular flexibility index (Phi) is 5.49. The fraction of sp³-hybridized carbons (Fsp3) is 0.500. The first-order chi connectivity index (χ1) is 14.8. The van der Waals surface area contributed by atoms with Crippen LogP contribution in [0.1, 0.15) is 20.8 Å². The molecule has 2 aliphatic rings. The Hall–Kier alpha value is -2.91. The summed E-state index contributed by atoms with van der Waals surface area (Å²) in [5.74, 6) is 0.476. The number of carbonyl (C=O) groups is 2. The van der Waals surface area contributed by atoms with Gasteiger partial charge in [0, 0.05) is 30.3 Å². The maximum Gasteiger partial charge on any atom is 0.519 e. The number of methoxy groups -OCH3 is 1. The highest BCUT2D eigenvalue weighted by molar-refractivity contribution is 5.99. The molecule has 9 heteroatoms. The smallest absolute Gasteiger partial charge is 0.452 e. The van der Waals surface area contributed by atoms with Crippen LogP contribution < -0.4 is 9.38 Å². The van der Waals surface area contributed by atoms with Gasteiger partial charge in [-0.05, 0) is 32.4 Å². The second-order valence-corrected chi connectivity index (χ2v) is 8.67. The summed E-state index contributed by atoms with van der Waals surface area (Å²) in [5, 5.41) is 14.8. The molecule has 9 nitrogen and oxygen atoms in total. The fourth-order valence-corrected chi connectivity index (χ4v) is 4.60. The van der Waals surface area contributed by atoms with Crippen molar-refractivity contribution in [3.8, 4) is 11.1 Å². The zero-order chi connectivity index (χ0) is 22.3. The van der Waals surface area contributed by atoms with Crippen LogP contribution in [0, 0.1) is 5.92 Å². The lowest BCUT2D eigenvalue weighted by Gasteiger charge is -2.46. The van der Waals surface area contributed by atoms with Crippen LogP contribution >= 0.6 is 0 Å². The lowest BCUT2D eigenvalue weighted by Crippen LogP contribution is -2.66. The molecule has 1 N–H and O–H groups in total. The van der Waals surface area contributed by atoms with Gasteiger partial charge < -0.3 is 14.6 Å². The number of rotatable bonds is 4. The number of hydrogen-bond donors (Lipinski definition) is 1. The largest absolute Gasteiger partial charge is 0.519 e. The zero-order valence-electron chi connectivity index (χ0n) is 18.3. The third-order valence-electron chi connectivity index (χ3n) is 6.37. The van der Waals surface area contributed by atoms with E-state index >= 15 is 0 Å². The van der Waals surface area contributed by atoms with Gasteiger partial charge in [-0.2, -0.15) is 14.4 Å². The van der Waals surface area contributed by atoms with Gasteiger partial charge in [0.2, 0.25) is 0 Å². The number of fused-ring (bicyclic) bond motifs is 1. The van der Waals surface area contributed by atoms with Crippen molar-refractivity contribution in [1.82, 2.24) is 14.3 Å². The molecule has 2 atom stereocenters. The Morgan fingerprint density at radius 1 is 1.32 bits per heavy atom. The Balaban J connectivity index is 1.80. The molecule has 0 bridgehead atoms. The molecule has 1 unspecified atom stereocenters. The number of aromatic nitrogens is 2. The number of quaternary nitrogens is 1. The molecule has 2 aliphatic heterocycles. The van der Waals surface area contributed by atoms with Crippen LogP contribution in [0.3, 0.4) is 0 Å². The zero-order valence-corrected chi connectivity index (χ0v) is 18.3. The molecule has 3 heterocycles. The predicted octanol–water partition coefficient (Wildman–Crippen LogP) is 3.57. The SMILES string of the molecule is COC(=O)N1c2ccc(-c3cnn(CC4COC4)c3)cc2[N+](C(=O)O)(C(C)C)C[C@@H]1C. The molecule has 2 aromatic rings. The third-order valence-corrected chi connectivity index (χ3v) is 6.37. The lowest BCUT2D eigenvalue weighted by molar-refractivity contribution is -0.0408. The molecule has 2 amide bonds. The molecule has 0 radical (unpaired) electrons. The predicted molar refractivity (Wildman–Crippen MR) is 116 cm³/mol. The van der Waals surface area contributed by atoms with E-state index in [0.29, 0.717) is 17.3 Å². The van der Waals surface area contributed by atoms with Crippen molar-refractivity contribution in [3.05, 3.63) is 30.6 Å². The Morgan fingerprint density at radius 3 is 2.65 bits per heavy atom. The summed E-state index contributed by atoms with van der Waals surface area (Å²) >= 11 is 0. The molecule has 1 aromatic carbocycles. The van der Waals surface area contributed by atoms with Crippen molar-refractivity contribution in [1.29, 1.82) is 0 Å². The second-order valence-electron chi connectivity index (χ2n) is 8.67. The summed E-state index contributed by atoms with van der Waals surface area (Å²) < 4.78 is 11.9. The van der Waals surface area contributed by atoms with E-state index in [0.717, 1.165) is 30.9 Å². The molecule has 31 heavy (non-hydrogen) atoms. The first-order valence-corrected chi connectivity index (χ1v) is 10.5. The van der Waals surface area contributed by atoms with Gasteiger partial charge in [0.15, 0.2) is 5.69 Å². The van der Waals surface area contributed by atoms with Crippen molar-refractivity contribution in [2.45, 2.75) is 39.4 Å². The number of hydrogen-bond acceptors (Lipinski definition) is 5. The fourth-order valence-electron chi connectivity index (χ4n) is 4.60. The summed E-state index contributed by atoms with van der Waals surface area (Å²) in [4.78, 5) is 26.6. The van der Waals surface area contributed by atoms with Gasteiger partial charge in [0.1, 0.15) is 12.2 Å². The van der Waals surface area contributed by atoms with E-state index in [1.165, 1.54) is 7.11 Å². The highest BCUT2D eigenvalue weighted by Gasteiger charge is 2.52. The normalized spacial score (nSPS) is 23.4. The van der Waals surface area contributed by atoms with Gasteiger partial charge in [-0.3, -0.25) is 9.58 Å². The molecule has 1 fully saturated rings. The molecule has 166 valence electrons. The summed E-state index contributed by atoms with van der Waals surface area (Å²) in [6, 6.07) is 5.02. The van der Waals surface area contributed by atoms with E-state index in [1.807, 2.05) is 49.8 Å². The first kappa shape index (κ1) is 21.3. The number of amides is 2. The van der Waals surface area contributed by atoms with Crippen molar-refractivity contribution in [2.24, 2.45) is 5.92 Å². The first-order valence-electron chi connectivity index (χ1n) is 10.5. The third kappa shape index (κ3) is 3.47. The van der Waals surface area contributed by atoms with Gasteiger partial charge in [-0.15, -0.1) is 0 Å². The van der Waals surface area contributed by atoms with Crippen LogP contribution in [0.2, 0.25) is 0 Å². The van der Waals surface area contributed by atoms with Crippen molar-refractivity contribution < 1.29 is 24.2 Å². The van der Waals surface area contributed by atoms with Gasteiger partial charge in [0.25, 0.3) is 0 Å². The number of carbonyl (C=O) groups excluding carboxylic acids is 1. The minimum absolute atomic E-state index is 0.227. The van der Waals surface area contributed by atoms with Crippen LogP contribution in [0.15, 0.2) is 30.6 Å². The Bertz CT molecular complexity index is 1000. The quantitative estimate of drug-likeness (QED) is 0.747. The Morgan fingerprint density at radius 2 is 2.06 bits per heavy atom. The minimum atomic E-state index is -0.939. The van der Waals surface area contributed by atoms with E-state index in [1.54, 1.807) is 11.1 Å². The molecule has 1 saturated heterocycles. The van der Waals surface area contributed by atoms with Crippen molar-refractivity contribution >= 4 is 23.6 Å². The van der Waals surface area contributed by atoms with Crippen molar-refractivity contribution in [3.63, 3.8) is 0 Å². The highest BCUT2D eigenvalue weighted by Crippen LogP contribution is 2.44. The average molecular weight is 429 g/mol. The van der Waals surface area contributed by atoms with Gasteiger partial charge in [0.05, 0.1) is 38.6 Å². The molecule has 4 rings (SSSR count). The minimum Gasteiger partial charge on any atom is -0.452 e. The molecule has 0 aliphatic carbocycles. The average Bonchev–Trinajstić information content (AvgIpc) is 3.17. The van der Waals surface area contributed by atoms with Crippen molar-refractivity contribution in [2.75, 3.05) is 31.8 Å². The van der Waals surface area contributed by atoms with Crippen LogP contribution in [0.25, 0.3) is 11.1 Å². The number of ether oxygens (including phenoxy) is 2. The number of benzene rings is 1. The van der Waals surface area contributed by atoms with E-state index in [2.05, 4.69) is 5.10 Å². The van der Waals surface area contributed by atoms with Crippen LogP contribution in [0.5, 0.6) is 0 Å². The van der Waals surface area contributed by atoms with Gasteiger partial charge in [-0.25, -0.2) is 4.79 Å². The van der Waals surface area contributed by atoms with E-state index in [9.17, 15) is 14.7 Å². The van der Waals surface area contributed by atoms with Crippen LogP contribution in [0.4, 0.5) is 21.0 Å².